The molecular weight excluding hydrogens is 472 g/mol. The fraction of sp³-hybridized carbons (Fsp3) is 0.719. The Bertz CT molecular complexity index is 1140. The molecule has 0 amide bonds. The molecule has 0 aliphatic heterocycles. The minimum Gasteiger partial charge on any atom is -0.300 e. The number of aryl methyl sites for hydroxylation is 1. The standard InChI is InChI=1S/C32H46N4S/c1-20(2)8-6-9-21(3)23-12-13-24-22-10-11-26-28-27(35-30(37-28)36-29-33-18-7-19-34-29)15-17-32(26,5)25(22)14-16-31(23,24)4/h7,11,18-25H,6,8-10,12-17H2,1-5H3,(H,33,34,35,36). The van der Waals surface area contributed by atoms with E-state index in [4.69, 9.17) is 4.98 Å². The predicted octanol–water partition coefficient (Wildman–Crippen LogP) is 8.94. The Kier molecular flexibility index (Phi) is 6.74. The lowest BCUT2D eigenvalue weighted by Gasteiger charge is -2.57. The number of anilines is 2. The van der Waals surface area contributed by atoms with Crippen LogP contribution in [-0.2, 0) is 6.42 Å². The van der Waals surface area contributed by atoms with E-state index in [0.717, 1.165) is 47.1 Å². The maximum Gasteiger partial charge on any atom is 0.228 e. The first-order chi connectivity index (χ1) is 17.8. The van der Waals surface area contributed by atoms with Gasteiger partial charge in [-0.15, -0.1) is 0 Å². The maximum atomic E-state index is 4.99. The fourth-order valence-corrected chi connectivity index (χ4v) is 10.6. The number of nitrogens with one attached hydrogen (secondary N) is 1. The van der Waals surface area contributed by atoms with Gasteiger partial charge in [0.05, 0.1) is 10.6 Å². The summed E-state index contributed by atoms with van der Waals surface area (Å²) in [6.07, 6.45) is 19.8. The lowest BCUT2D eigenvalue weighted by molar-refractivity contribution is -0.0392. The summed E-state index contributed by atoms with van der Waals surface area (Å²) in [6.45, 7) is 12.6. The van der Waals surface area contributed by atoms with Crippen LogP contribution in [0, 0.1) is 46.3 Å². The van der Waals surface area contributed by atoms with E-state index in [9.17, 15) is 0 Å². The van der Waals surface area contributed by atoms with Gasteiger partial charge in [0.1, 0.15) is 0 Å². The smallest absolute Gasteiger partial charge is 0.228 e. The van der Waals surface area contributed by atoms with Crippen LogP contribution in [0.15, 0.2) is 24.5 Å². The summed E-state index contributed by atoms with van der Waals surface area (Å²) in [5.41, 5.74) is 3.74. The third-order valence-electron chi connectivity index (χ3n) is 11.3. The number of hydrogen-bond acceptors (Lipinski definition) is 5. The van der Waals surface area contributed by atoms with Crippen LogP contribution in [0.1, 0.15) is 103 Å². The van der Waals surface area contributed by atoms with Crippen molar-refractivity contribution in [2.75, 3.05) is 5.32 Å². The molecule has 7 unspecified atom stereocenters. The molecule has 0 bridgehead atoms. The minimum atomic E-state index is 0.297. The highest BCUT2D eigenvalue weighted by atomic mass is 32.1. The molecule has 0 radical (unpaired) electrons. The Hall–Kier alpha value is -1.75. The number of fused-ring (bicyclic) bond motifs is 7. The van der Waals surface area contributed by atoms with Gasteiger partial charge in [0.25, 0.3) is 0 Å². The number of thiazole rings is 1. The van der Waals surface area contributed by atoms with E-state index in [1.807, 2.05) is 17.4 Å². The SMILES string of the molecule is CC(C)CCCC(C)C1CCC2C3CC=C4c5sc(Nc6ncccn6)nc5CCC4(C)C3CCC12C. The van der Waals surface area contributed by atoms with Gasteiger partial charge in [-0.2, -0.15) is 0 Å². The van der Waals surface area contributed by atoms with Gasteiger partial charge in [-0.05, 0) is 103 Å². The molecule has 7 atom stereocenters. The van der Waals surface area contributed by atoms with Crippen LogP contribution in [-0.4, -0.2) is 15.0 Å². The molecule has 2 fully saturated rings. The van der Waals surface area contributed by atoms with Crippen LogP contribution < -0.4 is 5.32 Å². The highest BCUT2D eigenvalue weighted by Gasteiger charge is 2.59. The molecule has 1 N–H and O–H groups in total. The third-order valence-corrected chi connectivity index (χ3v) is 12.3. The molecule has 200 valence electrons. The van der Waals surface area contributed by atoms with Crippen molar-refractivity contribution in [1.82, 2.24) is 15.0 Å². The second kappa shape index (κ2) is 9.77. The molecule has 4 aliphatic rings. The number of hydrogen-bond donors (Lipinski definition) is 1. The van der Waals surface area contributed by atoms with E-state index in [2.05, 4.69) is 56.0 Å². The van der Waals surface area contributed by atoms with Crippen molar-refractivity contribution in [3.05, 3.63) is 35.1 Å². The summed E-state index contributed by atoms with van der Waals surface area (Å²) in [7, 11) is 0. The molecule has 5 heteroatoms. The Morgan fingerprint density at radius 1 is 1.03 bits per heavy atom. The van der Waals surface area contributed by atoms with Gasteiger partial charge in [0.2, 0.25) is 5.95 Å². The van der Waals surface area contributed by atoms with Crippen molar-refractivity contribution in [2.45, 2.75) is 98.8 Å². The van der Waals surface area contributed by atoms with Crippen molar-refractivity contribution >= 4 is 28.0 Å². The maximum absolute atomic E-state index is 4.99. The molecule has 2 saturated carbocycles. The quantitative estimate of drug-likeness (QED) is 0.397. The molecule has 2 aromatic heterocycles. The van der Waals surface area contributed by atoms with Gasteiger partial charge in [-0.3, -0.25) is 0 Å². The number of rotatable bonds is 7. The highest BCUT2D eigenvalue weighted by molar-refractivity contribution is 7.16. The summed E-state index contributed by atoms with van der Waals surface area (Å²) in [5.74, 6) is 5.88. The lowest BCUT2D eigenvalue weighted by atomic mass is 9.47. The van der Waals surface area contributed by atoms with E-state index >= 15 is 0 Å². The molecule has 4 aliphatic carbocycles. The first kappa shape index (κ1) is 25.5. The van der Waals surface area contributed by atoms with E-state index < -0.39 is 0 Å². The number of nitrogens with zero attached hydrogens (tertiary/aromatic N) is 3. The van der Waals surface area contributed by atoms with Crippen LogP contribution in [0.25, 0.3) is 5.57 Å². The summed E-state index contributed by atoms with van der Waals surface area (Å²) >= 11 is 1.82. The zero-order valence-corrected chi connectivity index (χ0v) is 24.4. The minimum absolute atomic E-state index is 0.297. The fourth-order valence-electron chi connectivity index (χ4n) is 9.41. The molecule has 2 aromatic rings. The third kappa shape index (κ3) is 4.37. The largest absolute Gasteiger partial charge is 0.300 e. The first-order valence-electron chi connectivity index (χ1n) is 15.0. The van der Waals surface area contributed by atoms with Gasteiger partial charge in [0.15, 0.2) is 5.13 Å². The highest BCUT2D eigenvalue weighted by Crippen LogP contribution is 2.68. The van der Waals surface area contributed by atoms with Gasteiger partial charge < -0.3 is 5.32 Å². The van der Waals surface area contributed by atoms with Crippen LogP contribution in [0.5, 0.6) is 0 Å². The molecule has 37 heavy (non-hydrogen) atoms. The first-order valence-corrected chi connectivity index (χ1v) is 15.9. The van der Waals surface area contributed by atoms with Crippen LogP contribution in [0.4, 0.5) is 11.1 Å². The summed E-state index contributed by atoms with van der Waals surface area (Å²) in [4.78, 5) is 15.1. The average Bonchev–Trinajstić information content (AvgIpc) is 3.44. The van der Waals surface area contributed by atoms with E-state index in [0.29, 0.717) is 16.8 Å². The van der Waals surface area contributed by atoms with Crippen molar-refractivity contribution in [2.24, 2.45) is 46.3 Å². The van der Waals surface area contributed by atoms with Gasteiger partial charge in [0, 0.05) is 12.4 Å². The van der Waals surface area contributed by atoms with Crippen LogP contribution >= 0.6 is 11.3 Å². The van der Waals surface area contributed by atoms with Crippen LogP contribution in [0.3, 0.4) is 0 Å². The normalized spacial score (nSPS) is 35.2. The Morgan fingerprint density at radius 3 is 2.62 bits per heavy atom. The van der Waals surface area contributed by atoms with Gasteiger partial charge in [-0.1, -0.05) is 71.3 Å². The van der Waals surface area contributed by atoms with Gasteiger partial charge in [-0.25, -0.2) is 15.0 Å². The van der Waals surface area contributed by atoms with E-state index in [-0.39, 0.29) is 0 Å². The van der Waals surface area contributed by atoms with Crippen LogP contribution in [0.2, 0.25) is 0 Å². The average molecular weight is 519 g/mol. The van der Waals surface area contributed by atoms with Crippen molar-refractivity contribution in [1.29, 1.82) is 0 Å². The van der Waals surface area contributed by atoms with Gasteiger partial charge >= 0.3 is 0 Å². The number of aromatic nitrogens is 3. The zero-order chi connectivity index (χ0) is 25.8. The topological polar surface area (TPSA) is 50.7 Å². The molecule has 2 heterocycles. The summed E-state index contributed by atoms with van der Waals surface area (Å²) in [5, 5.41) is 4.29. The van der Waals surface area contributed by atoms with Crippen molar-refractivity contribution < 1.29 is 0 Å². The predicted molar refractivity (Wildman–Crippen MR) is 155 cm³/mol. The molecule has 0 saturated heterocycles. The monoisotopic (exact) mass is 518 g/mol. The summed E-state index contributed by atoms with van der Waals surface area (Å²) < 4.78 is 0. The second-order valence-corrected chi connectivity index (χ2v) is 14.7. The summed E-state index contributed by atoms with van der Waals surface area (Å²) in [6, 6.07) is 1.85. The van der Waals surface area contributed by atoms with E-state index in [1.165, 1.54) is 68.4 Å². The molecule has 6 rings (SSSR count). The molecule has 0 aromatic carbocycles. The Labute approximate surface area is 228 Å². The van der Waals surface area contributed by atoms with E-state index in [1.54, 1.807) is 18.0 Å². The molecule has 0 spiro atoms. The molecule has 4 nitrogen and oxygen atoms in total. The van der Waals surface area contributed by atoms with Crippen molar-refractivity contribution in [3.8, 4) is 0 Å². The zero-order valence-electron chi connectivity index (χ0n) is 23.6. The lowest BCUT2D eigenvalue weighted by Crippen LogP contribution is -2.49. The Morgan fingerprint density at radius 2 is 1.84 bits per heavy atom. The number of allylic oxidation sites excluding steroid dienone is 2. The van der Waals surface area contributed by atoms with Crippen molar-refractivity contribution in [3.63, 3.8) is 0 Å². The molecular formula is C32H46N4S. The second-order valence-electron chi connectivity index (χ2n) is 13.7. The Balaban J connectivity index is 1.22.